The van der Waals surface area contributed by atoms with E-state index in [0.717, 1.165) is 24.5 Å². The molecular formula is C14H28N2O. The Labute approximate surface area is 106 Å². The molecule has 17 heavy (non-hydrogen) atoms. The summed E-state index contributed by atoms with van der Waals surface area (Å²) in [6.45, 7) is 9.88. The van der Waals surface area contributed by atoms with Crippen molar-refractivity contribution >= 4 is 0 Å². The van der Waals surface area contributed by atoms with Crippen LogP contribution in [0.5, 0.6) is 0 Å². The predicted molar refractivity (Wildman–Crippen MR) is 71.2 cm³/mol. The summed E-state index contributed by atoms with van der Waals surface area (Å²) in [4.78, 5) is 2.45. The summed E-state index contributed by atoms with van der Waals surface area (Å²) in [6, 6.07) is 0. The summed E-state index contributed by atoms with van der Waals surface area (Å²) >= 11 is 0. The Balaban J connectivity index is 1.61. The molecule has 0 aromatic rings. The normalized spacial score (nSPS) is 27.0. The first-order valence-electron chi connectivity index (χ1n) is 7.13. The molecule has 1 unspecified atom stereocenters. The number of nitrogens with zero attached hydrogens (tertiary/aromatic N) is 1. The van der Waals surface area contributed by atoms with Crippen LogP contribution in [0.25, 0.3) is 0 Å². The van der Waals surface area contributed by atoms with E-state index in [2.05, 4.69) is 31.1 Å². The van der Waals surface area contributed by atoms with Gasteiger partial charge in [-0.1, -0.05) is 0 Å². The van der Waals surface area contributed by atoms with Crippen LogP contribution in [0.3, 0.4) is 0 Å². The van der Waals surface area contributed by atoms with E-state index in [1.807, 2.05) is 0 Å². The van der Waals surface area contributed by atoms with Gasteiger partial charge in [0.15, 0.2) is 0 Å². The highest BCUT2D eigenvalue weighted by Gasteiger charge is 2.53. The Morgan fingerprint density at radius 3 is 2.71 bits per heavy atom. The number of hydrogen-bond acceptors (Lipinski definition) is 3. The molecule has 3 heteroatoms. The molecule has 2 fully saturated rings. The zero-order chi connectivity index (χ0) is 12.3. The number of likely N-dealkylation sites (N-methyl/N-ethyl adjacent to an activating group) is 1. The molecule has 0 radical (unpaired) electrons. The van der Waals surface area contributed by atoms with Crippen molar-refractivity contribution < 1.29 is 4.74 Å². The molecule has 1 aliphatic carbocycles. The molecule has 0 aromatic heterocycles. The highest BCUT2D eigenvalue weighted by molar-refractivity contribution is 5.05. The summed E-state index contributed by atoms with van der Waals surface area (Å²) in [5.41, 5.74) is 0.721. The van der Waals surface area contributed by atoms with Crippen molar-refractivity contribution in [3.63, 3.8) is 0 Å². The van der Waals surface area contributed by atoms with E-state index in [4.69, 9.17) is 4.74 Å². The summed E-state index contributed by atoms with van der Waals surface area (Å²) < 4.78 is 5.60. The van der Waals surface area contributed by atoms with Crippen molar-refractivity contribution in [2.75, 3.05) is 39.8 Å². The molecular weight excluding hydrogens is 212 g/mol. The van der Waals surface area contributed by atoms with Gasteiger partial charge in [-0.05, 0) is 64.6 Å². The number of rotatable bonds is 6. The summed E-state index contributed by atoms with van der Waals surface area (Å²) in [5.74, 6) is 0.952. The Morgan fingerprint density at radius 2 is 2.06 bits per heavy atom. The maximum atomic E-state index is 5.60. The van der Waals surface area contributed by atoms with Crippen LogP contribution in [0.15, 0.2) is 0 Å². The van der Waals surface area contributed by atoms with Crippen molar-refractivity contribution in [3.8, 4) is 0 Å². The lowest BCUT2D eigenvalue weighted by Gasteiger charge is -2.25. The van der Waals surface area contributed by atoms with Crippen molar-refractivity contribution in [1.29, 1.82) is 0 Å². The van der Waals surface area contributed by atoms with Crippen LogP contribution in [0.2, 0.25) is 0 Å². The van der Waals surface area contributed by atoms with Crippen LogP contribution < -0.4 is 5.32 Å². The molecule has 2 aliphatic rings. The third kappa shape index (κ3) is 3.67. The predicted octanol–water partition coefficient (Wildman–Crippen LogP) is 1.73. The largest absolute Gasteiger partial charge is 0.377 e. The fourth-order valence-corrected chi connectivity index (χ4v) is 3.14. The minimum atomic E-state index is 0.361. The molecule has 1 N–H and O–H groups in total. The van der Waals surface area contributed by atoms with Crippen LogP contribution in [-0.4, -0.2) is 50.8 Å². The minimum Gasteiger partial charge on any atom is -0.377 e. The first-order chi connectivity index (χ1) is 8.12. The summed E-state index contributed by atoms with van der Waals surface area (Å²) in [5, 5.41) is 3.47. The van der Waals surface area contributed by atoms with Crippen LogP contribution in [0.4, 0.5) is 0 Å². The standard InChI is InChI=1S/C14H28N2O/c1-12(2)17-9-8-16(3)11-13-10-14(13)4-6-15-7-5-14/h12-13,15H,4-11H2,1-3H3. The molecule has 1 saturated carbocycles. The Bertz CT molecular complexity index is 236. The molecule has 1 saturated heterocycles. The van der Waals surface area contributed by atoms with E-state index in [1.54, 1.807) is 0 Å². The third-order valence-electron chi connectivity index (χ3n) is 4.41. The van der Waals surface area contributed by atoms with E-state index < -0.39 is 0 Å². The quantitative estimate of drug-likeness (QED) is 0.765. The van der Waals surface area contributed by atoms with Gasteiger partial charge < -0.3 is 15.0 Å². The van der Waals surface area contributed by atoms with Crippen molar-refractivity contribution in [3.05, 3.63) is 0 Å². The lowest BCUT2D eigenvalue weighted by atomic mass is 9.92. The average molecular weight is 240 g/mol. The highest BCUT2D eigenvalue weighted by atomic mass is 16.5. The van der Waals surface area contributed by atoms with Gasteiger partial charge in [-0.3, -0.25) is 0 Å². The molecule has 0 aromatic carbocycles. The van der Waals surface area contributed by atoms with Crippen LogP contribution in [0, 0.1) is 11.3 Å². The maximum absolute atomic E-state index is 5.60. The van der Waals surface area contributed by atoms with E-state index in [-0.39, 0.29) is 0 Å². The van der Waals surface area contributed by atoms with E-state index >= 15 is 0 Å². The van der Waals surface area contributed by atoms with Crippen molar-refractivity contribution in [2.24, 2.45) is 11.3 Å². The third-order valence-corrected chi connectivity index (χ3v) is 4.41. The van der Waals surface area contributed by atoms with Crippen LogP contribution in [-0.2, 0) is 4.74 Å². The smallest absolute Gasteiger partial charge is 0.0596 e. The van der Waals surface area contributed by atoms with Crippen LogP contribution >= 0.6 is 0 Å². The maximum Gasteiger partial charge on any atom is 0.0596 e. The van der Waals surface area contributed by atoms with E-state index in [0.29, 0.717) is 6.10 Å². The number of hydrogen-bond donors (Lipinski definition) is 1. The highest BCUT2D eigenvalue weighted by Crippen LogP contribution is 2.58. The first-order valence-corrected chi connectivity index (χ1v) is 7.13. The average Bonchev–Trinajstić information content (AvgIpc) is 2.90. The molecule has 100 valence electrons. The molecule has 0 amide bonds. The molecule has 1 aliphatic heterocycles. The van der Waals surface area contributed by atoms with Gasteiger partial charge in [0.2, 0.25) is 0 Å². The number of piperidine rings is 1. The minimum absolute atomic E-state index is 0.361. The van der Waals surface area contributed by atoms with E-state index in [1.165, 1.54) is 38.9 Å². The molecule has 2 rings (SSSR count). The molecule has 1 atom stereocenters. The van der Waals surface area contributed by atoms with Gasteiger partial charge in [-0.25, -0.2) is 0 Å². The summed E-state index contributed by atoms with van der Waals surface area (Å²) in [7, 11) is 2.23. The SMILES string of the molecule is CC(C)OCCN(C)CC1CC12CCNCC2. The van der Waals surface area contributed by atoms with Crippen LogP contribution in [0.1, 0.15) is 33.1 Å². The number of nitrogens with one attached hydrogen (secondary N) is 1. The number of ether oxygens (including phenoxy) is 1. The Morgan fingerprint density at radius 1 is 1.35 bits per heavy atom. The van der Waals surface area contributed by atoms with E-state index in [9.17, 15) is 0 Å². The van der Waals surface area contributed by atoms with Gasteiger partial charge >= 0.3 is 0 Å². The van der Waals surface area contributed by atoms with Gasteiger partial charge in [0, 0.05) is 13.1 Å². The van der Waals surface area contributed by atoms with Crippen molar-refractivity contribution in [2.45, 2.75) is 39.2 Å². The summed E-state index contributed by atoms with van der Waals surface area (Å²) in [6.07, 6.45) is 4.62. The fourth-order valence-electron chi connectivity index (χ4n) is 3.14. The first kappa shape index (κ1) is 13.3. The zero-order valence-corrected chi connectivity index (χ0v) is 11.7. The molecule has 0 bridgehead atoms. The molecule has 3 nitrogen and oxygen atoms in total. The Kier molecular flexibility index (Phi) is 4.45. The fraction of sp³-hybridized carbons (Fsp3) is 1.00. The second kappa shape index (κ2) is 5.68. The second-order valence-electron chi connectivity index (χ2n) is 6.20. The molecule has 1 spiro atoms. The van der Waals surface area contributed by atoms with Crippen molar-refractivity contribution in [1.82, 2.24) is 10.2 Å². The van der Waals surface area contributed by atoms with Gasteiger partial charge in [0.1, 0.15) is 0 Å². The lowest BCUT2D eigenvalue weighted by molar-refractivity contribution is 0.0622. The van der Waals surface area contributed by atoms with Gasteiger partial charge in [-0.15, -0.1) is 0 Å². The zero-order valence-electron chi connectivity index (χ0n) is 11.7. The monoisotopic (exact) mass is 240 g/mol. The second-order valence-corrected chi connectivity index (χ2v) is 6.20. The topological polar surface area (TPSA) is 24.5 Å². The molecule has 1 heterocycles. The Hall–Kier alpha value is -0.120. The van der Waals surface area contributed by atoms with Gasteiger partial charge in [-0.2, -0.15) is 0 Å². The van der Waals surface area contributed by atoms with Gasteiger partial charge in [0.25, 0.3) is 0 Å². The lowest BCUT2D eigenvalue weighted by Crippen LogP contribution is -2.32. The van der Waals surface area contributed by atoms with Gasteiger partial charge in [0.05, 0.1) is 12.7 Å².